The highest BCUT2D eigenvalue weighted by Crippen LogP contribution is 2.37. The van der Waals surface area contributed by atoms with Crippen LogP contribution < -0.4 is 5.73 Å². The molecule has 0 radical (unpaired) electrons. The molecule has 0 amide bonds. The Bertz CT molecular complexity index is 244. The summed E-state index contributed by atoms with van der Waals surface area (Å²) < 4.78 is 0. The molecule has 0 aliphatic carbocycles. The number of piperidine rings is 1. The second-order valence-electron chi connectivity index (χ2n) is 6.27. The van der Waals surface area contributed by atoms with Crippen molar-refractivity contribution in [3.8, 4) is 0 Å². The van der Waals surface area contributed by atoms with Gasteiger partial charge in [-0.05, 0) is 38.6 Å². The van der Waals surface area contributed by atoms with Crippen LogP contribution in [0.4, 0.5) is 0 Å². The average molecular weight is 223 g/mol. The van der Waals surface area contributed by atoms with Gasteiger partial charge in [0, 0.05) is 37.3 Å². The number of hydrogen-bond acceptors (Lipinski definition) is 3. The van der Waals surface area contributed by atoms with Gasteiger partial charge in [-0.1, -0.05) is 6.92 Å². The molecule has 4 unspecified atom stereocenters. The molecule has 0 aromatic carbocycles. The molecule has 16 heavy (non-hydrogen) atoms. The fourth-order valence-electron chi connectivity index (χ4n) is 4.01. The van der Waals surface area contributed by atoms with Crippen LogP contribution in [0.1, 0.15) is 32.6 Å². The van der Waals surface area contributed by atoms with Crippen LogP contribution in [0.2, 0.25) is 0 Å². The largest absolute Gasteiger partial charge is 0.326 e. The summed E-state index contributed by atoms with van der Waals surface area (Å²) in [6, 6.07) is 2.95. The Morgan fingerprint density at radius 2 is 1.62 bits per heavy atom. The van der Waals surface area contributed by atoms with Crippen molar-refractivity contribution >= 4 is 0 Å². The second kappa shape index (κ2) is 3.97. The van der Waals surface area contributed by atoms with Crippen molar-refractivity contribution in [1.29, 1.82) is 0 Å². The molecule has 3 rings (SSSR count). The number of likely N-dealkylation sites (tertiary alicyclic amines) is 1. The van der Waals surface area contributed by atoms with Gasteiger partial charge in [0.25, 0.3) is 0 Å². The maximum absolute atomic E-state index is 6.14. The van der Waals surface area contributed by atoms with Crippen LogP contribution in [0.25, 0.3) is 0 Å². The smallest absolute Gasteiger partial charge is 0.0206 e. The van der Waals surface area contributed by atoms with Gasteiger partial charge in [-0.2, -0.15) is 0 Å². The number of nitrogens with zero attached hydrogens (tertiary/aromatic N) is 2. The summed E-state index contributed by atoms with van der Waals surface area (Å²) in [6.45, 7) is 4.66. The maximum Gasteiger partial charge on any atom is 0.0206 e. The first-order valence-corrected chi connectivity index (χ1v) is 6.86. The Hall–Kier alpha value is -0.120. The zero-order valence-electron chi connectivity index (χ0n) is 10.6. The van der Waals surface area contributed by atoms with E-state index in [0.29, 0.717) is 12.0 Å². The van der Waals surface area contributed by atoms with E-state index in [9.17, 15) is 0 Å². The normalized spacial score (nSPS) is 50.1. The Balaban J connectivity index is 1.65. The van der Waals surface area contributed by atoms with Gasteiger partial charge in [-0.3, -0.25) is 4.90 Å². The molecule has 4 atom stereocenters. The van der Waals surface area contributed by atoms with E-state index >= 15 is 0 Å². The molecule has 3 aliphatic rings. The molecule has 3 fully saturated rings. The molecule has 0 aromatic rings. The van der Waals surface area contributed by atoms with Crippen molar-refractivity contribution in [2.45, 2.75) is 56.8 Å². The fourth-order valence-corrected chi connectivity index (χ4v) is 4.01. The first-order chi connectivity index (χ1) is 7.65. The van der Waals surface area contributed by atoms with Crippen LogP contribution >= 0.6 is 0 Å². The topological polar surface area (TPSA) is 32.5 Å². The summed E-state index contributed by atoms with van der Waals surface area (Å²) in [4.78, 5) is 5.30. The molecular weight excluding hydrogens is 198 g/mol. The Kier molecular flexibility index (Phi) is 2.73. The van der Waals surface area contributed by atoms with Gasteiger partial charge in [0.1, 0.15) is 0 Å². The van der Waals surface area contributed by atoms with Crippen molar-refractivity contribution in [3.05, 3.63) is 0 Å². The third kappa shape index (κ3) is 1.69. The quantitative estimate of drug-likeness (QED) is 0.716. The SMILES string of the molecule is CC1CN(C2CC3CCC(C2)N3C)CC1N. The molecule has 2 bridgehead atoms. The van der Waals surface area contributed by atoms with E-state index in [-0.39, 0.29) is 0 Å². The molecule has 3 nitrogen and oxygen atoms in total. The number of hydrogen-bond donors (Lipinski definition) is 1. The maximum atomic E-state index is 6.14. The van der Waals surface area contributed by atoms with E-state index in [2.05, 4.69) is 23.8 Å². The number of fused-ring (bicyclic) bond motifs is 2. The Morgan fingerprint density at radius 1 is 1.00 bits per heavy atom. The molecule has 3 heteroatoms. The molecule has 92 valence electrons. The van der Waals surface area contributed by atoms with Crippen molar-refractivity contribution in [1.82, 2.24) is 9.80 Å². The molecule has 0 spiro atoms. The van der Waals surface area contributed by atoms with Gasteiger partial charge in [-0.25, -0.2) is 0 Å². The summed E-state index contributed by atoms with van der Waals surface area (Å²) >= 11 is 0. The first-order valence-electron chi connectivity index (χ1n) is 6.86. The van der Waals surface area contributed by atoms with Crippen LogP contribution in [0.15, 0.2) is 0 Å². The van der Waals surface area contributed by atoms with E-state index in [1.807, 2.05) is 0 Å². The summed E-state index contributed by atoms with van der Waals surface area (Å²) in [5.41, 5.74) is 6.14. The van der Waals surface area contributed by atoms with Crippen LogP contribution in [0, 0.1) is 5.92 Å². The van der Waals surface area contributed by atoms with Gasteiger partial charge < -0.3 is 10.6 Å². The third-order valence-corrected chi connectivity index (χ3v) is 5.29. The fraction of sp³-hybridized carbons (Fsp3) is 1.00. The predicted molar refractivity (Wildman–Crippen MR) is 66.3 cm³/mol. The monoisotopic (exact) mass is 223 g/mol. The molecule has 2 N–H and O–H groups in total. The highest BCUT2D eigenvalue weighted by molar-refractivity contribution is 4.99. The van der Waals surface area contributed by atoms with E-state index in [1.165, 1.54) is 32.2 Å². The number of nitrogens with two attached hydrogens (primary N) is 1. The minimum Gasteiger partial charge on any atom is -0.326 e. The van der Waals surface area contributed by atoms with E-state index < -0.39 is 0 Å². The van der Waals surface area contributed by atoms with E-state index in [0.717, 1.165) is 24.7 Å². The minimum atomic E-state index is 0.414. The zero-order chi connectivity index (χ0) is 11.3. The van der Waals surface area contributed by atoms with Crippen molar-refractivity contribution in [2.75, 3.05) is 20.1 Å². The van der Waals surface area contributed by atoms with Crippen LogP contribution in [-0.4, -0.2) is 54.1 Å². The first kappa shape index (κ1) is 11.0. The average Bonchev–Trinajstić information content (AvgIpc) is 2.67. The van der Waals surface area contributed by atoms with Crippen LogP contribution in [0.3, 0.4) is 0 Å². The van der Waals surface area contributed by atoms with Gasteiger partial charge in [0.05, 0.1) is 0 Å². The summed E-state index contributed by atoms with van der Waals surface area (Å²) in [6.07, 6.45) is 5.61. The lowest BCUT2D eigenvalue weighted by atomic mass is 9.97. The highest BCUT2D eigenvalue weighted by Gasteiger charge is 2.42. The molecule has 0 aromatic heterocycles. The van der Waals surface area contributed by atoms with Gasteiger partial charge in [0.2, 0.25) is 0 Å². The minimum absolute atomic E-state index is 0.414. The second-order valence-corrected chi connectivity index (χ2v) is 6.27. The van der Waals surface area contributed by atoms with E-state index in [4.69, 9.17) is 5.73 Å². The summed E-state index contributed by atoms with van der Waals surface area (Å²) in [7, 11) is 2.32. The standard InChI is InChI=1S/C13H25N3/c1-9-7-16(8-13(9)14)12-5-10-3-4-11(6-12)15(10)2/h9-13H,3-8,14H2,1-2H3. The lowest BCUT2D eigenvalue weighted by Gasteiger charge is -2.40. The third-order valence-electron chi connectivity index (χ3n) is 5.29. The lowest BCUT2D eigenvalue weighted by Crippen LogP contribution is -2.48. The molecule has 3 aliphatic heterocycles. The van der Waals surface area contributed by atoms with Crippen LogP contribution in [-0.2, 0) is 0 Å². The highest BCUT2D eigenvalue weighted by atomic mass is 15.3. The van der Waals surface area contributed by atoms with Crippen LogP contribution in [0.5, 0.6) is 0 Å². The van der Waals surface area contributed by atoms with Gasteiger partial charge >= 0.3 is 0 Å². The Labute approximate surface area is 99.0 Å². The van der Waals surface area contributed by atoms with Gasteiger partial charge in [-0.15, -0.1) is 0 Å². The van der Waals surface area contributed by atoms with Gasteiger partial charge in [0.15, 0.2) is 0 Å². The lowest BCUT2D eigenvalue weighted by molar-refractivity contribution is 0.0874. The molecule has 0 saturated carbocycles. The number of rotatable bonds is 1. The van der Waals surface area contributed by atoms with Crippen molar-refractivity contribution in [2.24, 2.45) is 11.7 Å². The predicted octanol–water partition coefficient (Wildman–Crippen LogP) is 0.891. The molecular formula is C13H25N3. The van der Waals surface area contributed by atoms with E-state index in [1.54, 1.807) is 0 Å². The molecule has 3 heterocycles. The van der Waals surface area contributed by atoms with Crippen molar-refractivity contribution in [3.63, 3.8) is 0 Å². The summed E-state index contributed by atoms with van der Waals surface area (Å²) in [5.74, 6) is 0.692. The Morgan fingerprint density at radius 3 is 2.12 bits per heavy atom. The summed E-state index contributed by atoms with van der Waals surface area (Å²) in [5, 5.41) is 0. The zero-order valence-corrected chi connectivity index (χ0v) is 10.6. The van der Waals surface area contributed by atoms with Crippen molar-refractivity contribution < 1.29 is 0 Å². The molecule has 3 saturated heterocycles.